The fourth-order valence-electron chi connectivity index (χ4n) is 1.65. The first-order chi connectivity index (χ1) is 8.90. The zero-order chi connectivity index (χ0) is 14.4. The summed E-state index contributed by atoms with van der Waals surface area (Å²) >= 11 is 1.57. The molecule has 5 nitrogen and oxygen atoms in total. The SMILES string of the molecule is Cc1ccsc1CNC(=O)NC(CC(C)C)C(=O)O. The lowest BCUT2D eigenvalue weighted by Gasteiger charge is -2.16. The molecule has 1 aromatic heterocycles. The summed E-state index contributed by atoms with van der Waals surface area (Å²) in [5.74, 6) is -0.794. The highest BCUT2D eigenvalue weighted by molar-refractivity contribution is 7.10. The van der Waals surface area contributed by atoms with Crippen LogP contribution in [0, 0.1) is 12.8 Å². The zero-order valence-corrected chi connectivity index (χ0v) is 12.2. The molecular weight excluding hydrogens is 264 g/mol. The number of carbonyl (C=O) groups is 2. The lowest BCUT2D eigenvalue weighted by Crippen LogP contribution is -2.46. The molecule has 0 aromatic carbocycles. The van der Waals surface area contributed by atoms with E-state index in [1.807, 2.05) is 32.2 Å². The molecule has 0 aliphatic rings. The second-order valence-corrected chi connectivity index (χ2v) is 5.87. The number of hydrogen-bond donors (Lipinski definition) is 3. The summed E-state index contributed by atoms with van der Waals surface area (Å²) in [5.41, 5.74) is 1.13. The minimum atomic E-state index is -1.00. The van der Waals surface area contributed by atoms with Crippen LogP contribution in [0.5, 0.6) is 0 Å². The van der Waals surface area contributed by atoms with E-state index in [4.69, 9.17) is 5.11 Å². The van der Waals surface area contributed by atoms with E-state index >= 15 is 0 Å². The maximum absolute atomic E-state index is 11.7. The molecule has 19 heavy (non-hydrogen) atoms. The van der Waals surface area contributed by atoms with Crippen LogP contribution in [0.2, 0.25) is 0 Å². The molecule has 1 aromatic rings. The summed E-state index contributed by atoms with van der Waals surface area (Å²) < 4.78 is 0. The Morgan fingerprint density at radius 1 is 1.42 bits per heavy atom. The van der Waals surface area contributed by atoms with Crippen LogP contribution in [-0.4, -0.2) is 23.1 Å². The summed E-state index contributed by atoms with van der Waals surface area (Å²) in [7, 11) is 0. The third-order valence-corrected chi connectivity index (χ3v) is 3.71. The van der Waals surface area contributed by atoms with Gasteiger partial charge in [0.25, 0.3) is 0 Å². The van der Waals surface area contributed by atoms with Gasteiger partial charge in [0.15, 0.2) is 0 Å². The van der Waals surface area contributed by atoms with Gasteiger partial charge in [0.1, 0.15) is 6.04 Å². The molecule has 6 heteroatoms. The van der Waals surface area contributed by atoms with Gasteiger partial charge in [0.2, 0.25) is 0 Å². The largest absolute Gasteiger partial charge is 0.480 e. The number of nitrogens with one attached hydrogen (secondary N) is 2. The molecule has 0 saturated heterocycles. The van der Waals surface area contributed by atoms with Crippen molar-refractivity contribution in [3.05, 3.63) is 21.9 Å². The van der Waals surface area contributed by atoms with Gasteiger partial charge in [-0.05, 0) is 36.3 Å². The number of thiophene rings is 1. The molecule has 0 aliphatic heterocycles. The maximum Gasteiger partial charge on any atom is 0.326 e. The van der Waals surface area contributed by atoms with Crippen molar-refractivity contribution in [3.63, 3.8) is 0 Å². The molecule has 0 bridgehead atoms. The molecular formula is C13H20N2O3S. The number of aliphatic carboxylic acids is 1. The van der Waals surface area contributed by atoms with Gasteiger partial charge in [-0.25, -0.2) is 9.59 Å². The van der Waals surface area contributed by atoms with Crippen LogP contribution in [0.4, 0.5) is 4.79 Å². The average molecular weight is 284 g/mol. The van der Waals surface area contributed by atoms with E-state index in [1.54, 1.807) is 11.3 Å². The van der Waals surface area contributed by atoms with Crippen LogP contribution in [-0.2, 0) is 11.3 Å². The number of carbonyl (C=O) groups excluding carboxylic acids is 1. The minimum Gasteiger partial charge on any atom is -0.480 e. The van der Waals surface area contributed by atoms with E-state index in [-0.39, 0.29) is 5.92 Å². The Hall–Kier alpha value is -1.56. The summed E-state index contributed by atoms with van der Waals surface area (Å²) in [6.07, 6.45) is 0.417. The quantitative estimate of drug-likeness (QED) is 0.750. The van der Waals surface area contributed by atoms with Crippen molar-refractivity contribution in [3.8, 4) is 0 Å². The van der Waals surface area contributed by atoms with Gasteiger partial charge < -0.3 is 15.7 Å². The second kappa shape index (κ2) is 7.13. The Morgan fingerprint density at radius 2 is 2.11 bits per heavy atom. The second-order valence-electron chi connectivity index (χ2n) is 4.87. The lowest BCUT2D eigenvalue weighted by atomic mass is 10.0. The van der Waals surface area contributed by atoms with Gasteiger partial charge in [0.05, 0.1) is 6.54 Å². The first-order valence-electron chi connectivity index (χ1n) is 6.20. The Kier molecular flexibility index (Phi) is 5.82. The molecule has 0 saturated carbocycles. The standard InChI is InChI=1S/C13H20N2O3S/c1-8(2)6-10(12(16)17)15-13(18)14-7-11-9(3)4-5-19-11/h4-5,8,10H,6-7H2,1-3H3,(H,16,17)(H2,14,15,18). The number of hydrogen-bond acceptors (Lipinski definition) is 3. The molecule has 2 amide bonds. The number of aryl methyl sites for hydroxylation is 1. The topological polar surface area (TPSA) is 78.4 Å². The molecule has 0 aliphatic carbocycles. The third kappa shape index (κ3) is 5.30. The predicted molar refractivity (Wildman–Crippen MR) is 75.3 cm³/mol. The normalized spacial score (nSPS) is 12.2. The smallest absolute Gasteiger partial charge is 0.326 e. The van der Waals surface area contributed by atoms with E-state index in [0.29, 0.717) is 13.0 Å². The number of carboxylic acids is 1. The first-order valence-corrected chi connectivity index (χ1v) is 7.08. The van der Waals surface area contributed by atoms with Crippen LogP contribution in [0.1, 0.15) is 30.7 Å². The highest BCUT2D eigenvalue weighted by Gasteiger charge is 2.20. The number of amides is 2. The van der Waals surface area contributed by atoms with Crippen LogP contribution in [0.3, 0.4) is 0 Å². The number of carboxylic acid groups (broad SMARTS) is 1. The molecule has 3 N–H and O–H groups in total. The van der Waals surface area contributed by atoms with Crippen LogP contribution in [0.15, 0.2) is 11.4 Å². The van der Waals surface area contributed by atoms with Crippen molar-refractivity contribution < 1.29 is 14.7 Å². The fraction of sp³-hybridized carbons (Fsp3) is 0.538. The zero-order valence-electron chi connectivity index (χ0n) is 11.4. The highest BCUT2D eigenvalue weighted by atomic mass is 32.1. The van der Waals surface area contributed by atoms with Crippen molar-refractivity contribution in [2.45, 2.75) is 39.8 Å². The van der Waals surface area contributed by atoms with E-state index < -0.39 is 18.0 Å². The third-order valence-electron chi connectivity index (χ3n) is 2.69. The highest BCUT2D eigenvalue weighted by Crippen LogP contribution is 2.14. The fourth-order valence-corrected chi connectivity index (χ4v) is 2.49. The predicted octanol–water partition coefficient (Wildman–Crippen LogP) is 2.36. The molecule has 0 spiro atoms. The van der Waals surface area contributed by atoms with Gasteiger partial charge in [-0.15, -0.1) is 11.3 Å². The Morgan fingerprint density at radius 3 is 2.58 bits per heavy atom. The Balaban J connectivity index is 2.45. The molecule has 1 heterocycles. The number of urea groups is 1. The molecule has 0 radical (unpaired) electrons. The number of rotatable bonds is 6. The summed E-state index contributed by atoms with van der Waals surface area (Å²) in [5, 5.41) is 16.2. The summed E-state index contributed by atoms with van der Waals surface area (Å²) in [4.78, 5) is 23.8. The Bertz CT molecular complexity index is 443. The van der Waals surface area contributed by atoms with Gasteiger partial charge in [0, 0.05) is 4.88 Å². The molecule has 106 valence electrons. The summed E-state index contributed by atoms with van der Waals surface area (Å²) in [6.45, 7) is 6.24. The maximum atomic E-state index is 11.7. The molecule has 1 unspecified atom stereocenters. The van der Waals surface area contributed by atoms with Gasteiger partial charge >= 0.3 is 12.0 Å². The van der Waals surface area contributed by atoms with Gasteiger partial charge in [-0.1, -0.05) is 13.8 Å². The van der Waals surface area contributed by atoms with E-state index in [9.17, 15) is 9.59 Å². The van der Waals surface area contributed by atoms with Crippen molar-refractivity contribution in [2.75, 3.05) is 0 Å². The monoisotopic (exact) mass is 284 g/mol. The van der Waals surface area contributed by atoms with Crippen molar-refractivity contribution in [1.82, 2.24) is 10.6 Å². The molecule has 1 rings (SSSR count). The van der Waals surface area contributed by atoms with Gasteiger partial charge in [-0.2, -0.15) is 0 Å². The minimum absolute atomic E-state index is 0.209. The van der Waals surface area contributed by atoms with Crippen molar-refractivity contribution >= 4 is 23.3 Å². The van der Waals surface area contributed by atoms with Crippen LogP contribution in [0.25, 0.3) is 0 Å². The van der Waals surface area contributed by atoms with Crippen molar-refractivity contribution in [1.29, 1.82) is 0 Å². The Labute approximate surface area is 117 Å². The van der Waals surface area contributed by atoms with Gasteiger partial charge in [-0.3, -0.25) is 0 Å². The molecule has 0 fully saturated rings. The first kappa shape index (κ1) is 15.5. The van der Waals surface area contributed by atoms with E-state index in [0.717, 1.165) is 10.4 Å². The van der Waals surface area contributed by atoms with Crippen LogP contribution < -0.4 is 10.6 Å². The molecule has 1 atom stereocenters. The van der Waals surface area contributed by atoms with Crippen LogP contribution >= 0.6 is 11.3 Å². The summed E-state index contributed by atoms with van der Waals surface area (Å²) in [6, 6.07) is 0.698. The van der Waals surface area contributed by atoms with E-state index in [2.05, 4.69) is 10.6 Å². The van der Waals surface area contributed by atoms with E-state index in [1.165, 1.54) is 0 Å². The average Bonchev–Trinajstić information content (AvgIpc) is 2.70. The lowest BCUT2D eigenvalue weighted by molar-refractivity contribution is -0.139. The van der Waals surface area contributed by atoms with Crippen molar-refractivity contribution in [2.24, 2.45) is 5.92 Å².